The Morgan fingerprint density at radius 1 is 1.12 bits per heavy atom. The summed E-state index contributed by atoms with van der Waals surface area (Å²) in [7, 11) is 0. The number of aromatic nitrogens is 1. The zero-order chi connectivity index (χ0) is 17.7. The predicted molar refractivity (Wildman–Crippen MR) is 106 cm³/mol. The van der Waals surface area contributed by atoms with Crippen molar-refractivity contribution in [3.63, 3.8) is 0 Å². The van der Waals surface area contributed by atoms with Gasteiger partial charge < -0.3 is 5.32 Å². The van der Waals surface area contributed by atoms with Crippen LogP contribution in [0.1, 0.15) is 45.4 Å². The third-order valence-corrected chi connectivity index (χ3v) is 7.89. The maximum Gasteiger partial charge on any atom is 0.233 e. The standard InChI is InChI=1S/C22H26N2OS/c1-14(26-20-6-7-23-19-5-3-2-4-18(19)20)21(25)24-22-11-15-8-16(12-22)10-17(9-15)13-22/h2-7,14-17H,8-13H2,1H3,(H,24,25). The van der Waals surface area contributed by atoms with Crippen LogP contribution in [-0.4, -0.2) is 21.7 Å². The molecule has 4 fully saturated rings. The Labute approximate surface area is 159 Å². The lowest BCUT2D eigenvalue weighted by Crippen LogP contribution is -2.60. The van der Waals surface area contributed by atoms with Gasteiger partial charge in [0.25, 0.3) is 0 Å². The van der Waals surface area contributed by atoms with Crippen LogP contribution in [0.4, 0.5) is 0 Å². The molecule has 1 aromatic heterocycles. The normalized spacial score (nSPS) is 33.3. The van der Waals surface area contributed by atoms with Crippen molar-refractivity contribution in [2.75, 3.05) is 0 Å². The fraction of sp³-hybridized carbons (Fsp3) is 0.545. The van der Waals surface area contributed by atoms with E-state index >= 15 is 0 Å². The van der Waals surface area contributed by atoms with E-state index < -0.39 is 0 Å². The van der Waals surface area contributed by atoms with E-state index in [0.717, 1.165) is 33.6 Å². The number of carbonyl (C=O) groups excluding carboxylic acids is 1. The van der Waals surface area contributed by atoms with Gasteiger partial charge in [0.05, 0.1) is 10.8 Å². The molecule has 4 bridgehead atoms. The first-order valence-electron chi connectivity index (χ1n) is 9.93. The topological polar surface area (TPSA) is 42.0 Å². The first-order chi connectivity index (χ1) is 12.6. The van der Waals surface area contributed by atoms with Crippen LogP contribution in [0.2, 0.25) is 0 Å². The molecule has 1 atom stereocenters. The summed E-state index contributed by atoms with van der Waals surface area (Å²) in [6, 6.07) is 10.2. The number of pyridine rings is 1. The molecule has 6 rings (SSSR count). The highest BCUT2D eigenvalue weighted by Gasteiger charge is 2.51. The van der Waals surface area contributed by atoms with Gasteiger partial charge in [-0.05, 0) is 75.3 Å². The summed E-state index contributed by atoms with van der Waals surface area (Å²) >= 11 is 1.66. The highest BCUT2D eigenvalue weighted by Crippen LogP contribution is 2.55. The van der Waals surface area contributed by atoms with Crippen LogP contribution < -0.4 is 5.32 Å². The molecular weight excluding hydrogens is 340 g/mol. The summed E-state index contributed by atoms with van der Waals surface area (Å²) < 4.78 is 0. The maximum absolute atomic E-state index is 13.0. The van der Waals surface area contributed by atoms with Crippen LogP contribution in [-0.2, 0) is 4.79 Å². The zero-order valence-electron chi connectivity index (χ0n) is 15.3. The quantitative estimate of drug-likeness (QED) is 0.790. The van der Waals surface area contributed by atoms with E-state index in [1.165, 1.54) is 38.5 Å². The molecule has 26 heavy (non-hydrogen) atoms. The number of rotatable bonds is 4. The van der Waals surface area contributed by atoms with E-state index in [-0.39, 0.29) is 16.7 Å². The van der Waals surface area contributed by atoms with E-state index in [0.29, 0.717) is 0 Å². The lowest BCUT2D eigenvalue weighted by Gasteiger charge is -2.57. The van der Waals surface area contributed by atoms with Crippen LogP contribution in [0.15, 0.2) is 41.4 Å². The summed E-state index contributed by atoms with van der Waals surface area (Å²) in [6.07, 6.45) is 9.68. The maximum atomic E-state index is 13.0. The molecule has 1 amide bonds. The molecule has 4 aliphatic rings. The monoisotopic (exact) mass is 366 g/mol. The van der Waals surface area contributed by atoms with Gasteiger partial charge in [-0.3, -0.25) is 9.78 Å². The van der Waals surface area contributed by atoms with E-state index in [4.69, 9.17) is 0 Å². The highest BCUT2D eigenvalue weighted by molar-refractivity contribution is 8.00. The first-order valence-corrected chi connectivity index (χ1v) is 10.8. The van der Waals surface area contributed by atoms with E-state index in [1.54, 1.807) is 11.8 Å². The summed E-state index contributed by atoms with van der Waals surface area (Å²) in [5.74, 6) is 2.77. The van der Waals surface area contributed by atoms with Crippen molar-refractivity contribution in [3.05, 3.63) is 36.5 Å². The molecule has 0 aliphatic heterocycles. The lowest BCUT2D eigenvalue weighted by atomic mass is 9.53. The molecule has 1 heterocycles. The Morgan fingerprint density at radius 2 is 1.77 bits per heavy atom. The number of benzene rings is 1. The van der Waals surface area contributed by atoms with Crippen molar-refractivity contribution in [2.45, 2.75) is 61.1 Å². The number of para-hydroxylation sites is 1. The Hall–Kier alpha value is -1.55. The average Bonchev–Trinajstić information content (AvgIpc) is 2.60. The van der Waals surface area contributed by atoms with Crippen LogP contribution in [0.3, 0.4) is 0 Å². The molecule has 4 aliphatic carbocycles. The molecule has 1 N–H and O–H groups in total. The van der Waals surface area contributed by atoms with Crippen molar-refractivity contribution in [2.24, 2.45) is 17.8 Å². The summed E-state index contributed by atoms with van der Waals surface area (Å²) in [5.41, 5.74) is 1.09. The number of thioether (sulfide) groups is 1. The van der Waals surface area contributed by atoms with Gasteiger partial charge in [-0.15, -0.1) is 11.8 Å². The van der Waals surface area contributed by atoms with Crippen LogP contribution in [0.5, 0.6) is 0 Å². The van der Waals surface area contributed by atoms with Gasteiger partial charge in [0.15, 0.2) is 0 Å². The third kappa shape index (κ3) is 2.92. The zero-order valence-corrected chi connectivity index (χ0v) is 16.1. The van der Waals surface area contributed by atoms with Crippen molar-refractivity contribution in [3.8, 4) is 0 Å². The first kappa shape index (κ1) is 16.6. The average molecular weight is 367 g/mol. The number of hydrogen-bond acceptors (Lipinski definition) is 3. The van der Waals surface area contributed by atoms with Gasteiger partial charge in [-0.2, -0.15) is 0 Å². The van der Waals surface area contributed by atoms with Crippen LogP contribution >= 0.6 is 11.8 Å². The molecule has 1 unspecified atom stereocenters. The Morgan fingerprint density at radius 3 is 2.46 bits per heavy atom. The van der Waals surface area contributed by atoms with Gasteiger partial charge >= 0.3 is 0 Å². The molecule has 0 spiro atoms. The Bertz CT molecular complexity index is 808. The van der Waals surface area contributed by atoms with Gasteiger partial charge in [-0.1, -0.05) is 18.2 Å². The lowest BCUT2D eigenvalue weighted by molar-refractivity contribution is -0.126. The smallest absolute Gasteiger partial charge is 0.233 e. The molecule has 3 nitrogen and oxygen atoms in total. The predicted octanol–water partition coefficient (Wildman–Crippen LogP) is 4.80. The number of amides is 1. The highest BCUT2D eigenvalue weighted by atomic mass is 32.2. The summed E-state index contributed by atoms with van der Waals surface area (Å²) in [5, 5.41) is 4.56. The van der Waals surface area contributed by atoms with Crippen molar-refractivity contribution in [1.29, 1.82) is 0 Å². The number of fused-ring (bicyclic) bond motifs is 1. The summed E-state index contributed by atoms with van der Waals surface area (Å²) in [6.45, 7) is 2.04. The van der Waals surface area contributed by atoms with Crippen molar-refractivity contribution < 1.29 is 4.79 Å². The van der Waals surface area contributed by atoms with Crippen LogP contribution in [0, 0.1) is 17.8 Å². The van der Waals surface area contributed by atoms with E-state index in [9.17, 15) is 4.79 Å². The van der Waals surface area contributed by atoms with Crippen molar-refractivity contribution in [1.82, 2.24) is 10.3 Å². The van der Waals surface area contributed by atoms with Gasteiger partial charge in [0.2, 0.25) is 5.91 Å². The molecule has 136 valence electrons. The SMILES string of the molecule is CC(Sc1ccnc2ccccc12)C(=O)NC12CC3CC(CC(C3)C1)C2. The van der Waals surface area contributed by atoms with Crippen molar-refractivity contribution >= 4 is 28.6 Å². The molecule has 4 saturated carbocycles. The third-order valence-electron chi connectivity index (χ3n) is 6.71. The largest absolute Gasteiger partial charge is 0.350 e. The van der Waals surface area contributed by atoms with E-state index in [1.807, 2.05) is 37.4 Å². The number of hydrogen-bond donors (Lipinski definition) is 1. The second-order valence-electron chi connectivity index (χ2n) is 8.77. The minimum atomic E-state index is -0.0891. The van der Waals surface area contributed by atoms with Gasteiger partial charge in [0.1, 0.15) is 0 Å². The number of nitrogens with one attached hydrogen (secondary N) is 1. The number of carbonyl (C=O) groups is 1. The minimum Gasteiger partial charge on any atom is -0.350 e. The van der Waals surface area contributed by atoms with E-state index in [2.05, 4.69) is 16.4 Å². The Kier molecular flexibility index (Phi) is 4.00. The number of nitrogens with zero attached hydrogens (tertiary/aromatic N) is 1. The molecule has 0 radical (unpaired) electrons. The molecule has 2 aromatic rings. The second-order valence-corrected chi connectivity index (χ2v) is 10.2. The fourth-order valence-corrected chi connectivity index (χ4v) is 7.03. The molecule has 0 saturated heterocycles. The molecular formula is C22H26N2OS. The Balaban J connectivity index is 1.31. The van der Waals surface area contributed by atoms with Gasteiger partial charge in [0, 0.05) is 22.0 Å². The summed E-state index contributed by atoms with van der Waals surface area (Å²) in [4.78, 5) is 18.6. The fourth-order valence-electron chi connectivity index (χ4n) is 6.04. The second kappa shape index (κ2) is 6.26. The minimum absolute atomic E-state index is 0.0891. The molecule has 1 aromatic carbocycles. The van der Waals surface area contributed by atoms with Crippen LogP contribution in [0.25, 0.3) is 10.9 Å². The molecule has 4 heteroatoms. The van der Waals surface area contributed by atoms with Gasteiger partial charge in [-0.25, -0.2) is 0 Å².